The summed E-state index contributed by atoms with van der Waals surface area (Å²) in [4.78, 5) is 8.62. The van der Waals surface area contributed by atoms with Gasteiger partial charge >= 0.3 is 0 Å². The van der Waals surface area contributed by atoms with Gasteiger partial charge in [0.05, 0.1) is 16.7 Å². The minimum absolute atomic E-state index is 0.513. The van der Waals surface area contributed by atoms with E-state index in [4.69, 9.17) is 5.73 Å². The zero-order valence-electron chi connectivity index (χ0n) is 9.46. The topological polar surface area (TPSA) is 56.7 Å². The number of benzene rings is 1. The first-order valence-electron chi connectivity index (χ1n) is 5.42. The number of nitrogens with two attached hydrogens (primary N) is 1. The first-order chi connectivity index (χ1) is 8.27. The predicted octanol–water partition coefficient (Wildman–Crippen LogP) is 2.31. The zero-order chi connectivity index (χ0) is 11.8. The molecule has 84 valence electrons. The fourth-order valence-electron chi connectivity index (χ4n) is 2.05. The molecular formula is C13H12N4. The summed E-state index contributed by atoms with van der Waals surface area (Å²) in [5, 5.41) is 0. The van der Waals surface area contributed by atoms with Crippen LogP contribution in [0.2, 0.25) is 0 Å². The fourth-order valence-corrected chi connectivity index (χ4v) is 2.05. The summed E-state index contributed by atoms with van der Waals surface area (Å²) in [5.41, 5.74) is 8.80. The van der Waals surface area contributed by atoms with Gasteiger partial charge in [0.2, 0.25) is 0 Å². The highest BCUT2D eigenvalue weighted by atomic mass is 15.1. The molecule has 0 aliphatic rings. The Balaban J connectivity index is 2.38. The van der Waals surface area contributed by atoms with E-state index in [-0.39, 0.29) is 0 Å². The molecule has 0 aliphatic heterocycles. The number of anilines is 1. The van der Waals surface area contributed by atoms with Gasteiger partial charge < -0.3 is 5.73 Å². The molecule has 2 heterocycles. The van der Waals surface area contributed by atoms with E-state index in [1.807, 2.05) is 47.9 Å². The maximum Gasteiger partial charge on any atom is 0.147 e. The summed E-state index contributed by atoms with van der Waals surface area (Å²) < 4.78 is 2.03. The Hall–Kier alpha value is -2.36. The zero-order valence-corrected chi connectivity index (χ0v) is 9.46. The quantitative estimate of drug-likeness (QED) is 0.690. The molecule has 0 atom stereocenters. The second kappa shape index (κ2) is 3.59. The molecule has 0 amide bonds. The molecule has 4 nitrogen and oxygen atoms in total. The maximum atomic E-state index is 5.91. The van der Waals surface area contributed by atoms with Crippen molar-refractivity contribution in [1.29, 1.82) is 0 Å². The normalized spacial score (nSPS) is 10.9. The molecule has 3 aromatic rings. The minimum atomic E-state index is 0.513. The van der Waals surface area contributed by atoms with E-state index in [1.54, 1.807) is 6.20 Å². The van der Waals surface area contributed by atoms with E-state index < -0.39 is 0 Å². The number of para-hydroxylation sites is 2. The van der Waals surface area contributed by atoms with Crippen LogP contribution < -0.4 is 5.73 Å². The van der Waals surface area contributed by atoms with Crippen LogP contribution in [0.25, 0.3) is 16.7 Å². The smallest absolute Gasteiger partial charge is 0.147 e. The third-order valence-corrected chi connectivity index (χ3v) is 2.79. The highest BCUT2D eigenvalue weighted by molar-refractivity contribution is 5.79. The molecule has 0 bridgehead atoms. The number of nitrogen functional groups attached to an aromatic ring is 1. The van der Waals surface area contributed by atoms with Gasteiger partial charge in [0.25, 0.3) is 0 Å². The summed E-state index contributed by atoms with van der Waals surface area (Å²) in [6.45, 7) is 1.96. The SMILES string of the molecule is Cc1nc2ccccc2n1-c1cccnc1N. The summed E-state index contributed by atoms with van der Waals surface area (Å²) in [6.07, 6.45) is 1.69. The van der Waals surface area contributed by atoms with Crippen molar-refractivity contribution in [2.45, 2.75) is 6.92 Å². The number of aryl methyl sites for hydroxylation is 1. The molecule has 4 heteroatoms. The standard InChI is InChI=1S/C13H12N4/c1-9-16-10-5-2-3-6-11(10)17(9)12-7-4-8-15-13(12)14/h2-8H,1H3,(H2,14,15). The Morgan fingerprint density at radius 1 is 1.12 bits per heavy atom. The Morgan fingerprint density at radius 2 is 1.94 bits per heavy atom. The van der Waals surface area contributed by atoms with Gasteiger partial charge in [-0.2, -0.15) is 0 Å². The average Bonchev–Trinajstić information content (AvgIpc) is 2.66. The van der Waals surface area contributed by atoms with Crippen LogP contribution in [-0.4, -0.2) is 14.5 Å². The monoisotopic (exact) mass is 224 g/mol. The Bertz CT molecular complexity index is 685. The maximum absolute atomic E-state index is 5.91. The van der Waals surface area contributed by atoms with E-state index in [0.29, 0.717) is 5.82 Å². The Morgan fingerprint density at radius 3 is 2.76 bits per heavy atom. The molecule has 0 radical (unpaired) electrons. The van der Waals surface area contributed by atoms with Crippen LogP contribution in [0.3, 0.4) is 0 Å². The van der Waals surface area contributed by atoms with E-state index in [2.05, 4.69) is 9.97 Å². The lowest BCUT2D eigenvalue weighted by molar-refractivity contribution is 0.994. The summed E-state index contributed by atoms with van der Waals surface area (Å²) >= 11 is 0. The molecule has 2 aromatic heterocycles. The molecule has 0 spiro atoms. The van der Waals surface area contributed by atoms with E-state index in [1.165, 1.54) is 0 Å². The molecule has 0 unspecified atom stereocenters. The molecule has 0 aliphatic carbocycles. The van der Waals surface area contributed by atoms with Gasteiger partial charge in [0.1, 0.15) is 11.6 Å². The second-order valence-electron chi connectivity index (χ2n) is 3.89. The Kier molecular flexibility index (Phi) is 2.08. The largest absolute Gasteiger partial charge is 0.382 e. The van der Waals surface area contributed by atoms with Gasteiger partial charge in [-0.15, -0.1) is 0 Å². The van der Waals surface area contributed by atoms with Crippen molar-refractivity contribution in [3.8, 4) is 5.69 Å². The number of aromatic nitrogens is 3. The minimum Gasteiger partial charge on any atom is -0.382 e. The van der Waals surface area contributed by atoms with Gasteiger partial charge in [-0.25, -0.2) is 9.97 Å². The van der Waals surface area contributed by atoms with Crippen molar-refractivity contribution in [2.24, 2.45) is 0 Å². The number of hydrogen-bond acceptors (Lipinski definition) is 3. The van der Waals surface area contributed by atoms with Crippen LogP contribution in [0.15, 0.2) is 42.6 Å². The third kappa shape index (κ3) is 1.45. The van der Waals surface area contributed by atoms with Gasteiger partial charge in [0, 0.05) is 6.20 Å². The molecule has 3 rings (SSSR count). The number of nitrogens with zero attached hydrogens (tertiary/aromatic N) is 3. The summed E-state index contributed by atoms with van der Waals surface area (Å²) in [6, 6.07) is 11.8. The van der Waals surface area contributed by atoms with E-state index in [0.717, 1.165) is 22.5 Å². The number of pyridine rings is 1. The van der Waals surface area contributed by atoms with E-state index in [9.17, 15) is 0 Å². The van der Waals surface area contributed by atoms with Crippen LogP contribution >= 0.6 is 0 Å². The van der Waals surface area contributed by atoms with Gasteiger partial charge in [-0.3, -0.25) is 4.57 Å². The average molecular weight is 224 g/mol. The van der Waals surface area contributed by atoms with Crippen molar-refractivity contribution in [3.63, 3.8) is 0 Å². The van der Waals surface area contributed by atoms with Crippen molar-refractivity contribution < 1.29 is 0 Å². The molecule has 2 N–H and O–H groups in total. The lowest BCUT2D eigenvalue weighted by atomic mass is 10.3. The fraction of sp³-hybridized carbons (Fsp3) is 0.0769. The molecule has 17 heavy (non-hydrogen) atoms. The number of rotatable bonds is 1. The van der Waals surface area contributed by atoms with Crippen molar-refractivity contribution in [2.75, 3.05) is 5.73 Å². The van der Waals surface area contributed by atoms with Crippen molar-refractivity contribution in [1.82, 2.24) is 14.5 Å². The van der Waals surface area contributed by atoms with Crippen LogP contribution in [0.1, 0.15) is 5.82 Å². The Labute approximate surface area is 98.7 Å². The number of fused-ring (bicyclic) bond motifs is 1. The number of imidazole rings is 1. The van der Waals surface area contributed by atoms with Crippen LogP contribution in [0.4, 0.5) is 5.82 Å². The van der Waals surface area contributed by atoms with Gasteiger partial charge in [0.15, 0.2) is 0 Å². The lowest BCUT2D eigenvalue weighted by Gasteiger charge is -2.08. The van der Waals surface area contributed by atoms with Crippen LogP contribution in [0, 0.1) is 6.92 Å². The van der Waals surface area contributed by atoms with Crippen LogP contribution in [0.5, 0.6) is 0 Å². The van der Waals surface area contributed by atoms with Crippen molar-refractivity contribution >= 4 is 16.9 Å². The van der Waals surface area contributed by atoms with Gasteiger partial charge in [-0.1, -0.05) is 12.1 Å². The highest BCUT2D eigenvalue weighted by Crippen LogP contribution is 2.23. The second-order valence-corrected chi connectivity index (χ2v) is 3.89. The summed E-state index contributed by atoms with van der Waals surface area (Å²) in [5.74, 6) is 1.42. The first kappa shape index (κ1) is 9.84. The predicted molar refractivity (Wildman–Crippen MR) is 68.0 cm³/mol. The highest BCUT2D eigenvalue weighted by Gasteiger charge is 2.10. The summed E-state index contributed by atoms with van der Waals surface area (Å²) in [7, 11) is 0. The first-order valence-corrected chi connectivity index (χ1v) is 5.42. The molecule has 0 saturated heterocycles. The third-order valence-electron chi connectivity index (χ3n) is 2.79. The molecule has 0 fully saturated rings. The van der Waals surface area contributed by atoms with E-state index >= 15 is 0 Å². The molecule has 1 aromatic carbocycles. The molecule has 0 saturated carbocycles. The lowest BCUT2D eigenvalue weighted by Crippen LogP contribution is -2.02. The molecular weight excluding hydrogens is 212 g/mol. The van der Waals surface area contributed by atoms with Gasteiger partial charge in [-0.05, 0) is 31.2 Å². The van der Waals surface area contributed by atoms with Crippen molar-refractivity contribution in [3.05, 3.63) is 48.4 Å². The van der Waals surface area contributed by atoms with Crippen LogP contribution in [-0.2, 0) is 0 Å². The number of hydrogen-bond donors (Lipinski definition) is 1.